The predicted octanol–water partition coefficient (Wildman–Crippen LogP) is 2.03. The molecular formula is C24H26ClFN4O9S. The van der Waals surface area contributed by atoms with Crippen molar-refractivity contribution in [3.63, 3.8) is 0 Å². The zero-order chi connectivity index (χ0) is 28.7. The number of ether oxygens (including phenoxy) is 2. The third-order valence-corrected chi connectivity index (χ3v) is 6.60. The van der Waals surface area contributed by atoms with Gasteiger partial charge < -0.3 is 30.1 Å². The first-order chi connectivity index (χ1) is 18.5. The summed E-state index contributed by atoms with van der Waals surface area (Å²) in [6.07, 6.45) is 1.62. The minimum atomic E-state index is -1.82. The number of rotatable bonds is 6. The number of aromatic nitrogens is 1. The van der Waals surface area contributed by atoms with E-state index in [1.165, 1.54) is 30.6 Å². The van der Waals surface area contributed by atoms with Gasteiger partial charge in [0, 0.05) is 40.9 Å². The van der Waals surface area contributed by atoms with Crippen molar-refractivity contribution in [2.75, 3.05) is 33.4 Å². The Hall–Kier alpha value is -3.92. The number of thiazole rings is 1. The average Bonchev–Trinajstić information content (AvgIpc) is 3.44. The number of morpholine rings is 1. The third-order valence-electron chi connectivity index (χ3n) is 5.49. The maximum Gasteiger partial charge on any atom is 0.414 e. The molecule has 16 heteroatoms. The van der Waals surface area contributed by atoms with E-state index < -0.39 is 41.8 Å². The molecule has 3 heterocycles. The summed E-state index contributed by atoms with van der Waals surface area (Å²) >= 11 is 7.67. The van der Waals surface area contributed by atoms with Gasteiger partial charge in [-0.3, -0.25) is 14.7 Å². The molecule has 4 rings (SSSR count). The number of hydrogen-bond acceptors (Lipinski definition) is 11. The fourth-order valence-corrected chi connectivity index (χ4v) is 4.58. The van der Waals surface area contributed by atoms with Gasteiger partial charge in [0.2, 0.25) is 0 Å². The average molecular weight is 601 g/mol. The van der Waals surface area contributed by atoms with E-state index in [-0.39, 0.29) is 31.2 Å². The SMILES string of the molecule is C.COC(=O)C1=C(CN2CCOC[C@H]2C(=O)O)NC(c2nccs2)=N[C@H]1c1ccc(F)cc1Cl.O=C(O)C(=O)O. The maximum absolute atomic E-state index is 13.7. The topological polar surface area (TPSA) is 188 Å². The number of hydrogen-bond donors (Lipinski definition) is 4. The van der Waals surface area contributed by atoms with Gasteiger partial charge in [-0.25, -0.2) is 23.8 Å². The molecule has 4 N–H and O–H groups in total. The first-order valence-electron chi connectivity index (χ1n) is 11.0. The van der Waals surface area contributed by atoms with Gasteiger partial charge in [0.25, 0.3) is 0 Å². The maximum atomic E-state index is 13.7. The number of halogens is 2. The number of aliphatic imine (C=N–C) groups is 1. The summed E-state index contributed by atoms with van der Waals surface area (Å²) in [4.78, 5) is 53.5. The van der Waals surface area contributed by atoms with Crippen molar-refractivity contribution in [3.05, 3.63) is 62.5 Å². The Morgan fingerprint density at radius 1 is 1.25 bits per heavy atom. The summed E-state index contributed by atoms with van der Waals surface area (Å²) in [5.41, 5.74) is 0.964. The number of methoxy groups -OCH3 is 1. The zero-order valence-electron chi connectivity index (χ0n) is 20.2. The molecule has 2 atom stereocenters. The van der Waals surface area contributed by atoms with Crippen molar-refractivity contribution in [3.8, 4) is 0 Å². The number of amidine groups is 1. The highest BCUT2D eigenvalue weighted by Crippen LogP contribution is 2.37. The minimum Gasteiger partial charge on any atom is -0.480 e. The molecule has 2 aliphatic heterocycles. The molecule has 40 heavy (non-hydrogen) atoms. The molecular weight excluding hydrogens is 575 g/mol. The van der Waals surface area contributed by atoms with Gasteiger partial charge in [0.05, 0.1) is 25.9 Å². The van der Waals surface area contributed by atoms with Crippen molar-refractivity contribution in [1.29, 1.82) is 0 Å². The van der Waals surface area contributed by atoms with Gasteiger partial charge in [0.1, 0.15) is 17.9 Å². The lowest BCUT2D eigenvalue weighted by atomic mass is 9.95. The molecule has 1 aromatic heterocycles. The molecule has 0 radical (unpaired) electrons. The number of carbonyl (C=O) groups is 4. The van der Waals surface area contributed by atoms with E-state index in [1.807, 2.05) is 0 Å². The Labute approximate surface area is 236 Å². The van der Waals surface area contributed by atoms with Gasteiger partial charge in [0.15, 0.2) is 10.8 Å². The fraction of sp³-hybridized carbons (Fsp3) is 0.333. The highest BCUT2D eigenvalue weighted by Gasteiger charge is 2.37. The first kappa shape index (κ1) is 32.3. The van der Waals surface area contributed by atoms with E-state index in [0.717, 1.165) is 6.07 Å². The van der Waals surface area contributed by atoms with Gasteiger partial charge in [-0.1, -0.05) is 25.1 Å². The van der Waals surface area contributed by atoms with Crippen molar-refractivity contribution >= 4 is 52.7 Å². The van der Waals surface area contributed by atoms with Crippen LogP contribution in [0.3, 0.4) is 0 Å². The molecule has 1 aromatic carbocycles. The minimum absolute atomic E-state index is 0. The van der Waals surface area contributed by atoms with Crippen LogP contribution in [0.2, 0.25) is 5.02 Å². The van der Waals surface area contributed by atoms with Crippen LogP contribution < -0.4 is 5.32 Å². The molecule has 1 fully saturated rings. The molecule has 2 aliphatic rings. The summed E-state index contributed by atoms with van der Waals surface area (Å²) < 4.78 is 24.1. The molecule has 0 unspecified atom stereocenters. The van der Waals surface area contributed by atoms with Crippen LogP contribution in [-0.4, -0.2) is 94.4 Å². The van der Waals surface area contributed by atoms with E-state index in [1.54, 1.807) is 16.5 Å². The first-order valence-corrected chi connectivity index (χ1v) is 12.3. The largest absolute Gasteiger partial charge is 0.480 e. The van der Waals surface area contributed by atoms with E-state index in [2.05, 4.69) is 15.3 Å². The van der Waals surface area contributed by atoms with E-state index in [9.17, 15) is 19.1 Å². The van der Waals surface area contributed by atoms with Crippen molar-refractivity contribution < 1.29 is 48.4 Å². The summed E-state index contributed by atoms with van der Waals surface area (Å²) in [5.74, 6) is -5.48. The Kier molecular flexibility index (Phi) is 11.7. The molecule has 0 saturated carbocycles. The fourth-order valence-electron chi connectivity index (χ4n) is 3.73. The van der Waals surface area contributed by atoms with Gasteiger partial charge in [-0.05, 0) is 12.1 Å². The van der Waals surface area contributed by atoms with Crippen LogP contribution in [0.15, 0.2) is 46.0 Å². The second-order valence-electron chi connectivity index (χ2n) is 7.90. The summed E-state index contributed by atoms with van der Waals surface area (Å²) in [7, 11) is 1.24. The Morgan fingerprint density at radius 2 is 1.95 bits per heavy atom. The van der Waals surface area contributed by atoms with E-state index >= 15 is 0 Å². The van der Waals surface area contributed by atoms with Crippen LogP contribution in [0.5, 0.6) is 0 Å². The molecule has 2 aromatic rings. The number of nitrogens with zero attached hydrogens (tertiary/aromatic N) is 3. The summed E-state index contributed by atoms with van der Waals surface area (Å²) in [6.45, 7) is 0.814. The van der Waals surface area contributed by atoms with E-state index in [0.29, 0.717) is 35.3 Å². The van der Waals surface area contributed by atoms with Crippen molar-refractivity contribution in [2.24, 2.45) is 4.99 Å². The summed E-state index contributed by atoms with van der Waals surface area (Å²) in [5, 5.41) is 30.0. The van der Waals surface area contributed by atoms with Gasteiger partial charge in [-0.2, -0.15) is 0 Å². The van der Waals surface area contributed by atoms with Crippen LogP contribution in [0.4, 0.5) is 4.39 Å². The smallest absolute Gasteiger partial charge is 0.414 e. The number of carboxylic acids is 3. The predicted molar refractivity (Wildman–Crippen MR) is 141 cm³/mol. The lowest BCUT2D eigenvalue weighted by Crippen LogP contribution is -2.52. The lowest BCUT2D eigenvalue weighted by molar-refractivity contribution is -0.159. The van der Waals surface area contributed by atoms with Crippen molar-refractivity contribution in [2.45, 2.75) is 19.5 Å². The van der Waals surface area contributed by atoms with Crippen LogP contribution in [0.25, 0.3) is 0 Å². The second kappa shape index (κ2) is 14.5. The molecule has 0 aliphatic carbocycles. The monoisotopic (exact) mass is 600 g/mol. The number of aliphatic carboxylic acids is 3. The standard InChI is InChI=1S/C21H20ClFN4O5S.C2H2O4.CH4/c1-31-21(30)16-14(9-27-5-6-32-10-15(27)20(28)29)25-18(19-24-4-7-33-19)26-17(16)12-3-2-11(23)8-13(12)22;3-1(4)2(5)6;/h2-4,7-8,15,17H,5-6,9-10H2,1H3,(H,25,26)(H,28,29);(H,3,4)(H,5,6);1H4/t15-,17-;;/m0../s1. The Morgan fingerprint density at radius 3 is 2.50 bits per heavy atom. The van der Waals surface area contributed by atoms with Gasteiger partial charge in [-0.15, -0.1) is 11.3 Å². The van der Waals surface area contributed by atoms with Crippen LogP contribution >= 0.6 is 22.9 Å². The number of nitrogens with one attached hydrogen (secondary N) is 1. The normalized spacial score (nSPS) is 18.7. The molecule has 0 bridgehead atoms. The molecule has 0 spiro atoms. The zero-order valence-corrected chi connectivity index (χ0v) is 21.7. The van der Waals surface area contributed by atoms with Crippen molar-refractivity contribution in [1.82, 2.24) is 15.2 Å². The number of esters is 1. The quantitative estimate of drug-likeness (QED) is 0.279. The lowest BCUT2D eigenvalue weighted by Gasteiger charge is -2.35. The van der Waals surface area contributed by atoms with Gasteiger partial charge >= 0.3 is 23.9 Å². The van der Waals surface area contributed by atoms with Crippen LogP contribution in [-0.2, 0) is 28.7 Å². The van der Waals surface area contributed by atoms with Crippen LogP contribution in [0, 0.1) is 5.82 Å². The Bertz CT molecular complexity index is 1310. The second-order valence-corrected chi connectivity index (χ2v) is 9.20. The number of benzene rings is 1. The molecule has 13 nitrogen and oxygen atoms in total. The summed E-state index contributed by atoms with van der Waals surface area (Å²) in [6, 6.07) is 2.05. The molecule has 216 valence electrons. The Balaban J connectivity index is 0.000000723. The van der Waals surface area contributed by atoms with Crippen LogP contribution in [0.1, 0.15) is 24.0 Å². The number of carboxylic acid groups (broad SMARTS) is 3. The molecule has 0 amide bonds. The number of carbonyl (C=O) groups excluding carboxylic acids is 1. The highest BCUT2D eigenvalue weighted by atomic mass is 35.5. The molecule has 1 saturated heterocycles. The third kappa shape index (κ3) is 7.81. The van der Waals surface area contributed by atoms with E-state index in [4.69, 9.17) is 40.9 Å². The highest BCUT2D eigenvalue weighted by molar-refractivity contribution is 7.11.